The number of nitrogens with zero attached hydrogens (tertiary/aromatic N) is 3. The summed E-state index contributed by atoms with van der Waals surface area (Å²) in [5, 5.41) is 16.5. The quantitative estimate of drug-likeness (QED) is 0.390. The lowest BCUT2D eigenvalue weighted by molar-refractivity contribution is -0.384. The van der Waals surface area contributed by atoms with E-state index in [1.54, 1.807) is 25.1 Å². The van der Waals surface area contributed by atoms with Gasteiger partial charge in [0.1, 0.15) is 5.69 Å². The third kappa shape index (κ3) is 4.69. The number of nitrogens with one attached hydrogen (secondary N) is 1. The Morgan fingerprint density at radius 1 is 1.17 bits per heavy atom. The van der Waals surface area contributed by atoms with Gasteiger partial charge in [-0.05, 0) is 50.1 Å². The Morgan fingerprint density at radius 3 is 2.52 bits per heavy atom. The van der Waals surface area contributed by atoms with Crippen molar-refractivity contribution in [1.29, 1.82) is 0 Å². The summed E-state index contributed by atoms with van der Waals surface area (Å²) in [5.74, 6) is 0. The molecule has 29 heavy (non-hydrogen) atoms. The molecule has 0 spiro atoms. The first-order chi connectivity index (χ1) is 13.7. The molecule has 1 aliphatic heterocycles. The maximum atomic E-state index is 12.7. The van der Waals surface area contributed by atoms with E-state index in [9.17, 15) is 18.5 Å². The molecule has 0 radical (unpaired) electrons. The lowest BCUT2D eigenvalue weighted by atomic mass is 10.1. The van der Waals surface area contributed by atoms with Crippen molar-refractivity contribution in [2.45, 2.75) is 24.7 Å². The van der Waals surface area contributed by atoms with Gasteiger partial charge in [-0.3, -0.25) is 15.5 Å². The molecule has 2 aromatic rings. The SMILES string of the molecule is C/C(=N/Nc1ccc(S(=O)(=O)N2CCCC2)cc1[N+](=O)[O-])c1cc(Cl)ccc1Cl. The third-order valence-corrected chi connectivity index (χ3v) is 6.99. The molecule has 11 heteroatoms. The number of halogens is 2. The third-order valence-electron chi connectivity index (χ3n) is 4.53. The Labute approximate surface area is 178 Å². The van der Waals surface area contributed by atoms with Gasteiger partial charge in [-0.1, -0.05) is 23.2 Å². The minimum absolute atomic E-state index is 0.0628. The molecule has 154 valence electrons. The van der Waals surface area contributed by atoms with Gasteiger partial charge in [0.05, 0.1) is 15.5 Å². The van der Waals surface area contributed by atoms with Gasteiger partial charge >= 0.3 is 0 Å². The molecule has 0 aliphatic carbocycles. The number of sulfonamides is 1. The Hall–Kier alpha value is -2.20. The Balaban J connectivity index is 1.92. The summed E-state index contributed by atoms with van der Waals surface area (Å²) in [4.78, 5) is 10.7. The van der Waals surface area contributed by atoms with Crippen molar-refractivity contribution in [3.63, 3.8) is 0 Å². The van der Waals surface area contributed by atoms with E-state index >= 15 is 0 Å². The minimum atomic E-state index is -3.76. The van der Waals surface area contributed by atoms with Crippen molar-refractivity contribution >= 4 is 50.3 Å². The summed E-state index contributed by atoms with van der Waals surface area (Å²) in [6.45, 7) is 2.50. The highest BCUT2D eigenvalue weighted by Gasteiger charge is 2.29. The molecule has 8 nitrogen and oxygen atoms in total. The first-order valence-corrected chi connectivity index (χ1v) is 10.9. The fraction of sp³-hybridized carbons (Fsp3) is 0.278. The summed E-state index contributed by atoms with van der Waals surface area (Å²) < 4.78 is 26.7. The van der Waals surface area contributed by atoms with E-state index in [1.165, 1.54) is 16.4 Å². The Bertz CT molecular complexity index is 1080. The summed E-state index contributed by atoms with van der Waals surface area (Å²) in [6.07, 6.45) is 1.56. The van der Waals surface area contributed by atoms with E-state index in [0.29, 0.717) is 34.4 Å². The smallest absolute Gasteiger partial charge is 0.271 e. The highest BCUT2D eigenvalue weighted by atomic mass is 35.5. The number of hydrogen-bond donors (Lipinski definition) is 1. The number of benzene rings is 2. The fourth-order valence-electron chi connectivity index (χ4n) is 2.97. The minimum Gasteiger partial charge on any atom is -0.271 e. The molecule has 3 rings (SSSR count). The zero-order chi connectivity index (χ0) is 21.2. The number of rotatable bonds is 6. The number of anilines is 1. The van der Waals surface area contributed by atoms with Crippen molar-refractivity contribution in [2.75, 3.05) is 18.5 Å². The topological polar surface area (TPSA) is 105 Å². The standard InChI is InChI=1S/C18H18Cl2N4O4S/c1-12(15-10-13(19)4-6-16(15)20)21-22-17-7-5-14(11-18(17)24(25)26)29(27,28)23-8-2-3-9-23/h4-7,10-11,22H,2-3,8-9H2,1H3/b21-12-. The van der Waals surface area contributed by atoms with E-state index in [1.807, 2.05) is 0 Å². The molecule has 0 unspecified atom stereocenters. The average molecular weight is 457 g/mol. The van der Waals surface area contributed by atoms with Crippen LogP contribution in [0.2, 0.25) is 10.0 Å². The number of hydrazone groups is 1. The van der Waals surface area contributed by atoms with Crippen LogP contribution in [0.3, 0.4) is 0 Å². The van der Waals surface area contributed by atoms with Gasteiger partial charge in [0.15, 0.2) is 0 Å². The summed E-state index contributed by atoms with van der Waals surface area (Å²) >= 11 is 12.1. The first kappa shape index (κ1) is 21.5. The Kier molecular flexibility index (Phi) is 6.42. The maximum absolute atomic E-state index is 12.7. The molecular weight excluding hydrogens is 439 g/mol. The van der Waals surface area contributed by atoms with Crippen LogP contribution in [0.5, 0.6) is 0 Å². The van der Waals surface area contributed by atoms with Crippen LogP contribution in [0.25, 0.3) is 0 Å². The van der Waals surface area contributed by atoms with E-state index in [2.05, 4.69) is 10.5 Å². The molecule has 1 saturated heterocycles. The molecule has 2 aromatic carbocycles. The van der Waals surface area contributed by atoms with Crippen LogP contribution in [-0.2, 0) is 10.0 Å². The molecule has 0 amide bonds. The van der Waals surface area contributed by atoms with Crippen molar-refractivity contribution in [2.24, 2.45) is 5.10 Å². The first-order valence-electron chi connectivity index (χ1n) is 8.74. The van der Waals surface area contributed by atoms with Crippen LogP contribution < -0.4 is 5.43 Å². The summed E-state index contributed by atoms with van der Waals surface area (Å²) in [5.41, 5.74) is 3.33. The summed E-state index contributed by atoms with van der Waals surface area (Å²) in [6, 6.07) is 8.60. The van der Waals surface area contributed by atoms with Crippen LogP contribution in [0, 0.1) is 10.1 Å². The predicted octanol–water partition coefficient (Wildman–Crippen LogP) is 4.52. The fourth-order valence-corrected chi connectivity index (χ4v) is 4.94. The van der Waals surface area contributed by atoms with E-state index in [0.717, 1.165) is 18.9 Å². The zero-order valence-corrected chi connectivity index (χ0v) is 17.8. The van der Waals surface area contributed by atoms with E-state index in [-0.39, 0.29) is 16.3 Å². The van der Waals surface area contributed by atoms with Gasteiger partial charge in [0, 0.05) is 34.8 Å². The normalized spacial score (nSPS) is 15.5. The number of nitro benzene ring substituents is 1. The van der Waals surface area contributed by atoms with Gasteiger partial charge in [-0.25, -0.2) is 8.42 Å². The monoisotopic (exact) mass is 456 g/mol. The van der Waals surface area contributed by atoms with Crippen molar-refractivity contribution in [3.8, 4) is 0 Å². The Morgan fingerprint density at radius 2 is 1.86 bits per heavy atom. The van der Waals surface area contributed by atoms with Gasteiger partial charge in [0.2, 0.25) is 10.0 Å². The van der Waals surface area contributed by atoms with Gasteiger partial charge in [0.25, 0.3) is 5.69 Å². The molecule has 0 aromatic heterocycles. The molecular formula is C18H18Cl2N4O4S. The van der Waals surface area contributed by atoms with Gasteiger partial charge in [-0.15, -0.1) is 0 Å². The molecule has 1 N–H and O–H groups in total. The second kappa shape index (κ2) is 8.66. The van der Waals surface area contributed by atoms with Crippen LogP contribution in [0.15, 0.2) is 46.4 Å². The van der Waals surface area contributed by atoms with Crippen LogP contribution in [-0.4, -0.2) is 36.4 Å². The van der Waals surface area contributed by atoms with Crippen molar-refractivity contribution in [1.82, 2.24) is 4.31 Å². The van der Waals surface area contributed by atoms with Gasteiger partial charge in [-0.2, -0.15) is 9.41 Å². The largest absolute Gasteiger partial charge is 0.295 e. The average Bonchev–Trinajstić information content (AvgIpc) is 3.23. The van der Waals surface area contributed by atoms with Crippen molar-refractivity contribution < 1.29 is 13.3 Å². The second-order valence-corrected chi connectivity index (χ2v) is 9.26. The molecule has 0 saturated carbocycles. The van der Waals surface area contributed by atoms with Crippen molar-refractivity contribution in [3.05, 3.63) is 62.1 Å². The molecule has 0 atom stereocenters. The second-order valence-electron chi connectivity index (χ2n) is 6.48. The van der Waals surface area contributed by atoms with Gasteiger partial charge < -0.3 is 0 Å². The number of nitro groups is 1. The van der Waals surface area contributed by atoms with Crippen LogP contribution in [0.4, 0.5) is 11.4 Å². The summed E-state index contributed by atoms with van der Waals surface area (Å²) in [7, 11) is -3.76. The molecule has 1 aliphatic rings. The molecule has 1 heterocycles. The number of hydrogen-bond acceptors (Lipinski definition) is 6. The highest BCUT2D eigenvalue weighted by Crippen LogP contribution is 2.30. The van der Waals surface area contributed by atoms with E-state index < -0.39 is 14.9 Å². The lowest BCUT2D eigenvalue weighted by Crippen LogP contribution is -2.27. The highest BCUT2D eigenvalue weighted by molar-refractivity contribution is 7.89. The van der Waals surface area contributed by atoms with E-state index in [4.69, 9.17) is 23.2 Å². The lowest BCUT2D eigenvalue weighted by Gasteiger charge is -2.15. The molecule has 0 bridgehead atoms. The predicted molar refractivity (Wildman–Crippen MR) is 113 cm³/mol. The van der Waals surface area contributed by atoms with Crippen LogP contribution >= 0.6 is 23.2 Å². The molecule has 1 fully saturated rings. The van der Waals surface area contributed by atoms with Crippen LogP contribution in [0.1, 0.15) is 25.3 Å². The zero-order valence-electron chi connectivity index (χ0n) is 15.4. The maximum Gasteiger partial charge on any atom is 0.295 e.